The van der Waals surface area contributed by atoms with Crippen LogP contribution in [0.4, 0.5) is 0 Å². The summed E-state index contributed by atoms with van der Waals surface area (Å²) in [5.41, 5.74) is 0.723. The van der Waals surface area contributed by atoms with Gasteiger partial charge in [-0.2, -0.15) is 0 Å². The molecule has 4 heteroatoms. The summed E-state index contributed by atoms with van der Waals surface area (Å²) in [5.74, 6) is 0.697. The number of hydrogen-bond acceptors (Lipinski definition) is 4. The number of phenolic OH excluding ortho intramolecular Hbond substituents is 1. The van der Waals surface area contributed by atoms with Gasteiger partial charge in [0.1, 0.15) is 11.5 Å². The van der Waals surface area contributed by atoms with E-state index in [1.807, 2.05) is 24.3 Å². The van der Waals surface area contributed by atoms with E-state index in [0.29, 0.717) is 16.0 Å². The Bertz CT molecular complexity index is 1010. The first-order valence-electron chi connectivity index (χ1n) is 6.47. The van der Waals surface area contributed by atoms with Crippen LogP contribution >= 0.6 is 11.3 Å². The molecule has 4 aromatic rings. The summed E-state index contributed by atoms with van der Waals surface area (Å²) in [4.78, 5) is 13.0. The Balaban J connectivity index is 2.03. The molecule has 2 aromatic heterocycles. The highest BCUT2D eigenvalue weighted by atomic mass is 32.1. The van der Waals surface area contributed by atoms with E-state index in [1.165, 1.54) is 17.4 Å². The van der Waals surface area contributed by atoms with Crippen LogP contribution in [-0.4, -0.2) is 5.11 Å². The second-order valence-corrected chi connectivity index (χ2v) is 5.80. The number of rotatable bonds is 1. The fourth-order valence-electron chi connectivity index (χ4n) is 2.42. The SMILES string of the molecule is O=c1cc(-c2ccc(O)cc2)oc2sc3ccccc3c12. The van der Waals surface area contributed by atoms with Gasteiger partial charge < -0.3 is 9.52 Å². The normalized spacial score (nSPS) is 11.2. The molecule has 3 nitrogen and oxygen atoms in total. The topological polar surface area (TPSA) is 50.4 Å². The highest BCUT2D eigenvalue weighted by Gasteiger charge is 2.12. The first-order valence-corrected chi connectivity index (χ1v) is 7.29. The molecule has 0 spiro atoms. The Morgan fingerprint density at radius 2 is 1.76 bits per heavy atom. The second-order valence-electron chi connectivity index (χ2n) is 4.78. The van der Waals surface area contributed by atoms with Crippen LogP contribution < -0.4 is 5.43 Å². The Hall–Kier alpha value is -2.59. The molecule has 1 N–H and O–H groups in total. The molecule has 0 aliphatic carbocycles. The molecule has 0 atom stereocenters. The third-order valence-electron chi connectivity index (χ3n) is 3.43. The molecule has 102 valence electrons. The van der Waals surface area contributed by atoms with Crippen LogP contribution in [0.1, 0.15) is 0 Å². The Morgan fingerprint density at radius 3 is 2.57 bits per heavy atom. The lowest BCUT2D eigenvalue weighted by molar-refractivity contribution is 0.475. The third kappa shape index (κ3) is 1.92. The number of benzene rings is 2. The summed E-state index contributed by atoms with van der Waals surface area (Å²) in [5, 5.41) is 10.9. The van der Waals surface area contributed by atoms with Crippen molar-refractivity contribution in [3.8, 4) is 17.1 Å². The van der Waals surface area contributed by atoms with E-state index in [0.717, 1.165) is 15.6 Å². The fourth-order valence-corrected chi connectivity index (χ4v) is 3.49. The van der Waals surface area contributed by atoms with Crippen LogP contribution in [0.25, 0.3) is 31.7 Å². The largest absolute Gasteiger partial charge is 0.508 e. The van der Waals surface area contributed by atoms with Crippen molar-refractivity contribution in [3.63, 3.8) is 0 Å². The van der Waals surface area contributed by atoms with Crippen LogP contribution in [0, 0.1) is 0 Å². The summed E-state index contributed by atoms with van der Waals surface area (Å²) in [6, 6.07) is 15.9. The summed E-state index contributed by atoms with van der Waals surface area (Å²) in [7, 11) is 0. The molecule has 0 amide bonds. The van der Waals surface area contributed by atoms with E-state index in [9.17, 15) is 9.90 Å². The van der Waals surface area contributed by atoms with E-state index < -0.39 is 0 Å². The molecule has 0 bridgehead atoms. The van der Waals surface area contributed by atoms with Crippen LogP contribution in [0.3, 0.4) is 0 Å². The van der Waals surface area contributed by atoms with Crippen LogP contribution in [0.5, 0.6) is 5.75 Å². The zero-order chi connectivity index (χ0) is 14.4. The lowest BCUT2D eigenvalue weighted by Gasteiger charge is -2.01. The predicted molar refractivity (Wildman–Crippen MR) is 85.0 cm³/mol. The lowest BCUT2D eigenvalue weighted by atomic mass is 10.1. The Morgan fingerprint density at radius 1 is 1.00 bits per heavy atom. The Labute approximate surface area is 123 Å². The highest BCUT2D eigenvalue weighted by Crippen LogP contribution is 2.34. The highest BCUT2D eigenvalue weighted by molar-refractivity contribution is 7.25. The van der Waals surface area contributed by atoms with Gasteiger partial charge in [0, 0.05) is 21.7 Å². The van der Waals surface area contributed by atoms with E-state index >= 15 is 0 Å². The molecular weight excluding hydrogens is 284 g/mol. The van der Waals surface area contributed by atoms with Crippen molar-refractivity contribution < 1.29 is 9.52 Å². The van der Waals surface area contributed by atoms with Crippen LogP contribution in [0.15, 0.2) is 63.8 Å². The quantitative estimate of drug-likeness (QED) is 0.567. The van der Waals surface area contributed by atoms with Gasteiger partial charge in [0.15, 0.2) is 10.3 Å². The van der Waals surface area contributed by atoms with Crippen molar-refractivity contribution in [2.45, 2.75) is 0 Å². The first-order chi connectivity index (χ1) is 10.2. The maximum absolute atomic E-state index is 12.4. The molecule has 0 aliphatic heterocycles. The van der Waals surface area contributed by atoms with Gasteiger partial charge in [-0.3, -0.25) is 4.79 Å². The number of hydrogen-bond donors (Lipinski definition) is 1. The number of aromatic hydroxyl groups is 1. The van der Waals surface area contributed by atoms with Gasteiger partial charge in [0.2, 0.25) is 0 Å². The van der Waals surface area contributed by atoms with E-state index in [1.54, 1.807) is 24.3 Å². The molecule has 21 heavy (non-hydrogen) atoms. The molecule has 0 saturated heterocycles. The van der Waals surface area contributed by atoms with Gasteiger partial charge in [-0.05, 0) is 30.3 Å². The van der Waals surface area contributed by atoms with Crippen molar-refractivity contribution >= 4 is 31.7 Å². The van der Waals surface area contributed by atoms with E-state index in [4.69, 9.17) is 4.42 Å². The molecule has 2 heterocycles. The number of fused-ring (bicyclic) bond motifs is 3. The molecule has 0 radical (unpaired) electrons. The van der Waals surface area contributed by atoms with Crippen molar-refractivity contribution in [1.82, 2.24) is 0 Å². The van der Waals surface area contributed by atoms with Crippen molar-refractivity contribution in [3.05, 3.63) is 64.8 Å². The van der Waals surface area contributed by atoms with Gasteiger partial charge in [0.25, 0.3) is 0 Å². The van der Waals surface area contributed by atoms with E-state index in [2.05, 4.69) is 0 Å². The minimum atomic E-state index is -0.0447. The minimum Gasteiger partial charge on any atom is -0.508 e. The smallest absolute Gasteiger partial charge is 0.194 e. The maximum Gasteiger partial charge on any atom is 0.194 e. The van der Waals surface area contributed by atoms with Crippen molar-refractivity contribution in [2.24, 2.45) is 0 Å². The minimum absolute atomic E-state index is 0.0447. The fraction of sp³-hybridized carbons (Fsp3) is 0. The van der Waals surface area contributed by atoms with Gasteiger partial charge in [-0.15, -0.1) is 0 Å². The maximum atomic E-state index is 12.4. The Kier molecular flexibility index (Phi) is 2.59. The van der Waals surface area contributed by atoms with Crippen molar-refractivity contribution in [1.29, 1.82) is 0 Å². The monoisotopic (exact) mass is 294 g/mol. The first kappa shape index (κ1) is 12.2. The van der Waals surface area contributed by atoms with Crippen LogP contribution in [-0.2, 0) is 0 Å². The van der Waals surface area contributed by atoms with Gasteiger partial charge in [-0.1, -0.05) is 29.5 Å². The molecule has 0 saturated carbocycles. The van der Waals surface area contributed by atoms with Gasteiger partial charge in [0.05, 0.1) is 5.39 Å². The molecule has 4 rings (SSSR count). The molecule has 0 aliphatic rings. The van der Waals surface area contributed by atoms with Crippen molar-refractivity contribution in [2.75, 3.05) is 0 Å². The zero-order valence-electron chi connectivity index (χ0n) is 10.9. The predicted octanol–water partition coefficient (Wildman–Crippen LogP) is 4.38. The standard InChI is InChI=1S/C17H10O3S/c18-11-7-5-10(6-8-11)14-9-13(19)16-12-3-1-2-4-15(12)21-17(16)20-14/h1-9,18H. The number of phenols is 1. The zero-order valence-corrected chi connectivity index (χ0v) is 11.7. The van der Waals surface area contributed by atoms with E-state index in [-0.39, 0.29) is 11.2 Å². The summed E-state index contributed by atoms with van der Waals surface area (Å²) in [6.07, 6.45) is 0. The van der Waals surface area contributed by atoms with Gasteiger partial charge in [-0.25, -0.2) is 0 Å². The van der Waals surface area contributed by atoms with Gasteiger partial charge >= 0.3 is 0 Å². The number of thiophene rings is 1. The average Bonchev–Trinajstić information content (AvgIpc) is 2.86. The molecule has 0 fully saturated rings. The summed E-state index contributed by atoms with van der Waals surface area (Å²) < 4.78 is 6.93. The molecule has 2 aromatic carbocycles. The van der Waals surface area contributed by atoms with Crippen LogP contribution in [0.2, 0.25) is 0 Å². The summed E-state index contributed by atoms with van der Waals surface area (Å²) in [6.45, 7) is 0. The second kappa shape index (κ2) is 4.46. The molecular formula is C17H10O3S. The third-order valence-corrected chi connectivity index (χ3v) is 4.48. The lowest BCUT2D eigenvalue weighted by Crippen LogP contribution is -1.98. The summed E-state index contributed by atoms with van der Waals surface area (Å²) >= 11 is 1.47. The molecule has 0 unspecified atom stereocenters. The average molecular weight is 294 g/mol.